The van der Waals surface area contributed by atoms with Crippen LogP contribution in [0.2, 0.25) is 0 Å². The fraction of sp³-hybridized carbons (Fsp3) is 0.292. The molecule has 4 rings (SSSR count). The van der Waals surface area contributed by atoms with E-state index in [1.165, 1.54) is 18.2 Å². The minimum absolute atomic E-state index is 0.126. The summed E-state index contributed by atoms with van der Waals surface area (Å²) in [5, 5.41) is 14.0. The van der Waals surface area contributed by atoms with Gasteiger partial charge in [-0.25, -0.2) is 14.4 Å². The summed E-state index contributed by atoms with van der Waals surface area (Å²) in [6, 6.07) is 23.2. The van der Waals surface area contributed by atoms with E-state index in [0.717, 1.165) is 34.2 Å². The van der Waals surface area contributed by atoms with Gasteiger partial charge in [0.25, 0.3) is 11.8 Å². The molecule has 0 spiro atoms. The summed E-state index contributed by atoms with van der Waals surface area (Å²) in [4.78, 5) is 68.7. The summed E-state index contributed by atoms with van der Waals surface area (Å²) in [7, 11) is 1.15. The van der Waals surface area contributed by atoms with Crippen LogP contribution in [0, 0.1) is 0 Å². The maximum atomic E-state index is 13.7. The van der Waals surface area contributed by atoms with Gasteiger partial charge in [0.05, 0.1) is 7.11 Å². The highest BCUT2D eigenvalue weighted by atomic mass is 16.6. The minimum atomic E-state index is -0.951. The van der Waals surface area contributed by atoms with Crippen LogP contribution in [0.15, 0.2) is 127 Å². The molecule has 4 N–H and O–H groups in total. The Balaban J connectivity index is 1.61. The van der Waals surface area contributed by atoms with E-state index < -0.39 is 47.8 Å². The van der Waals surface area contributed by atoms with Crippen molar-refractivity contribution in [2.24, 2.45) is 4.99 Å². The molecule has 63 heavy (non-hydrogen) atoms. The van der Waals surface area contributed by atoms with E-state index in [1.54, 1.807) is 53.7 Å². The van der Waals surface area contributed by atoms with Crippen molar-refractivity contribution in [1.29, 1.82) is 0 Å². The Morgan fingerprint density at radius 1 is 0.714 bits per heavy atom. The second kappa shape index (κ2) is 22.4. The van der Waals surface area contributed by atoms with Crippen LogP contribution in [0.3, 0.4) is 0 Å². The number of ether oxygens (including phenoxy) is 5. The molecule has 0 aromatic heterocycles. The SMILES string of the molecule is C=C/C=C(/NC(=O)/C(=C/CCCN/C(=N/C(=O)OC(C)(C)C)NC(=O)OC(C)(C)C)NC(=O)COc1ccc2ccccc2c1-c1c(OCC=C)ccc2ccccc12)C(=O)OC. The Morgan fingerprint density at radius 2 is 1.30 bits per heavy atom. The molecule has 4 aromatic carbocycles. The Kier molecular flexibility index (Phi) is 17.2. The van der Waals surface area contributed by atoms with Gasteiger partial charge in [-0.1, -0.05) is 92.0 Å². The highest BCUT2D eigenvalue weighted by molar-refractivity contribution is 6.10. The van der Waals surface area contributed by atoms with Gasteiger partial charge in [-0.15, -0.1) is 4.99 Å². The molecule has 0 radical (unpaired) electrons. The second-order valence-corrected chi connectivity index (χ2v) is 15.8. The number of benzene rings is 4. The molecule has 0 fully saturated rings. The lowest BCUT2D eigenvalue weighted by atomic mass is 9.92. The van der Waals surface area contributed by atoms with Gasteiger partial charge in [-0.05, 0) is 94.1 Å². The van der Waals surface area contributed by atoms with Crippen molar-refractivity contribution in [3.63, 3.8) is 0 Å². The van der Waals surface area contributed by atoms with Gasteiger partial charge in [0.2, 0.25) is 5.96 Å². The Hall–Kier alpha value is -7.42. The number of allylic oxidation sites excluding steroid dienone is 3. The van der Waals surface area contributed by atoms with Gasteiger partial charge in [0, 0.05) is 17.7 Å². The monoisotopic (exact) mass is 861 g/mol. The normalized spacial score (nSPS) is 12.1. The second-order valence-electron chi connectivity index (χ2n) is 15.8. The van der Waals surface area contributed by atoms with Gasteiger partial charge >= 0.3 is 18.2 Å². The van der Waals surface area contributed by atoms with Crippen molar-refractivity contribution in [2.75, 3.05) is 26.9 Å². The molecule has 0 aliphatic heterocycles. The lowest BCUT2D eigenvalue weighted by molar-refractivity contribution is -0.137. The van der Waals surface area contributed by atoms with Crippen molar-refractivity contribution in [3.8, 4) is 22.6 Å². The number of carbonyl (C=O) groups is 5. The van der Waals surface area contributed by atoms with Crippen molar-refractivity contribution in [3.05, 3.63) is 122 Å². The smallest absolute Gasteiger partial charge is 0.437 e. The first-order valence-corrected chi connectivity index (χ1v) is 20.1. The van der Waals surface area contributed by atoms with Gasteiger partial charge < -0.3 is 39.6 Å². The Bertz CT molecular complexity index is 2440. The molecule has 4 aromatic rings. The summed E-state index contributed by atoms with van der Waals surface area (Å²) in [5.41, 5.74) is -0.638. The fourth-order valence-corrected chi connectivity index (χ4v) is 5.96. The molecule has 332 valence electrons. The van der Waals surface area contributed by atoms with Gasteiger partial charge in [-0.2, -0.15) is 0 Å². The van der Waals surface area contributed by atoms with Crippen LogP contribution in [-0.2, 0) is 28.6 Å². The molecule has 0 saturated carbocycles. The van der Waals surface area contributed by atoms with Crippen molar-refractivity contribution in [1.82, 2.24) is 21.3 Å². The number of guanidine groups is 1. The Morgan fingerprint density at radius 3 is 1.86 bits per heavy atom. The largest absolute Gasteiger partial charge is 0.489 e. The average Bonchev–Trinajstić information content (AvgIpc) is 3.22. The van der Waals surface area contributed by atoms with Crippen molar-refractivity contribution < 1.29 is 47.7 Å². The number of nitrogens with zero attached hydrogens (tertiary/aromatic N) is 1. The summed E-state index contributed by atoms with van der Waals surface area (Å²) in [6.07, 6.45) is 4.31. The molecule has 0 aliphatic carbocycles. The summed E-state index contributed by atoms with van der Waals surface area (Å²) in [6.45, 7) is 17.3. The number of amides is 4. The van der Waals surface area contributed by atoms with Crippen molar-refractivity contribution in [2.45, 2.75) is 65.6 Å². The van der Waals surface area contributed by atoms with Crippen LogP contribution in [0.1, 0.15) is 54.4 Å². The topological polar surface area (TPSA) is 192 Å². The third kappa shape index (κ3) is 14.9. The lowest BCUT2D eigenvalue weighted by Crippen LogP contribution is -2.44. The van der Waals surface area contributed by atoms with E-state index in [4.69, 9.17) is 23.7 Å². The van der Waals surface area contributed by atoms with E-state index in [2.05, 4.69) is 39.4 Å². The molecule has 0 saturated heterocycles. The molecule has 0 unspecified atom stereocenters. The van der Waals surface area contributed by atoms with E-state index in [9.17, 15) is 24.0 Å². The highest BCUT2D eigenvalue weighted by Gasteiger charge is 2.23. The molecular formula is C48H55N5O10. The van der Waals surface area contributed by atoms with Crippen LogP contribution in [-0.4, -0.2) is 74.0 Å². The zero-order valence-electron chi connectivity index (χ0n) is 36.7. The first-order chi connectivity index (χ1) is 29.9. The van der Waals surface area contributed by atoms with Crippen molar-refractivity contribution >= 4 is 57.5 Å². The number of alkyl carbamates (subject to hydrolysis) is 1. The van der Waals surface area contributed by atoms with Gasteiger partial charge in [-0.3, -0.25) is 14.9 Å². The number of unbranched alkanes of at least 4 members (excludes halogenated alkanes) is 1. The Labute approximate surface area is 367 Å². The van der Waals surface area contributed by atoms with Crippen LogP contribution in [0.4, 0.5) is 9.59 Å². The third-order valence-corrected chi connectivity index (χ3v) is 8.44. The molecule has 15 heteroatoms. The molecule has 0 atom stereocenters. The number of carbonyl (C=O) groups excluding carboxylic acids is 5. The zero-order chi connectivity index (χ0) is 46.2. The minimum Gasteiger partial charge on any atom is -0.489 e. The summed E-state index contributed by atoms with van der Waals surface area (Å²) in [5.74, 6) is -1.61. The number of nitrogens with one attached hydrogen (secondary N) is 4. The van der Waals surface area contributed by atoms with E-state index in [0.29, 0.717) is 23.5 Å². The van der Waals surface area contributed by atoms with Crippen LogP contribution in [0.25, 0.3) is 32.7 Å². The van der Waals surface area contributed by atoms with Crippen LogP contribution >= 0.6 is 0 Å². The molecule has 4 amide bonds. The molecule has 0 aliphatic rings. The number of fused-ring (bicyclic) bond motifs is 2. The van der Waals surface area contributed by atoms with E-state index in [1.807, 2.05) is 66.7 Å². The molecule has 0 heterocycles. The summed E-state index contributed by atoms with van der Waals surface area (Å²) < 4.78 is 27.8. The number of methoxy groups -OCH3 is 1. The number of hydrogen-bond acceptors (Lipinski definition) is 10. The lowest BCUT2D eigenvalue weighted by Gasteiger charge is -2.21. The third-order valence-electron chi connectivity index (χ3n) is 8.44. The first-order valence-electron chi connectivity index (χ1n) is 20.1. The number of aliphatic imine (C=N–C) groups is 1. The molecule has 15 nitrogen and oxygen atoms in total. The number of rotatable bonds is 16. The number of hydrogen-bond donors (Lipinski definition) is 4. The van der Waals surface area contributed by atoms with Crippen LogP contribution < -0.4 is 30.7 Å². The predicted octanol–water partition coefficient (Wildman–Crippen LogP) is 8.15. The summed E-state index contributed by atoms with van der Waals surface area (Å²) >= 11 is 0. The van der Waals surface area contributed by atoms with Crippen LogP contribution in [0.5, 0.6) is 11.5 Å². The standard InChI is InChI=1S/C48H55N5O10/c1-10-18-36(43(56)59-9)51-42(55)35(23-16-17-28-49-44(52-45(57)62-47(3,4)5)53-46(58)63-48(6,7)8)50-39(54)30-61-38-27-25-32-20-13-15-22-34(32)41(38)40-33-21-14-12-19-31(33)24-26-37(40)60-29-11-2/h10-15,18-27H,1-2,16-17,28-30H2,3-9H3,(H,50,54)(H,51,55)(H2,49,52,53,57,58)/b35-23-,36-18+. The van der Waals surface area contributed by atoms with Gasteiger partial charge in [0.15, 0.2) is 6.61 Å². The zero-order valence-corrected chi connectivity index (χ0v) is 36.7. The van der Waals surface area contributed by atoms with Gasteiger partial charge in [0.1, 0.15) is 40.7 Å². The number of esters is 1. The predicted molar refractivity (Wildman–Crippen MR) is 243 cm³/mol. The highest BCUT2D eigenvalue weighted by Crippen LogP contribution is 2.45. The van der Waals surface area contributed by atoms with E-state index >= 15 is 0 Å². The quantitative estimate of drug-likeness (QED) is 0.0124. The molecule has 0 bridgehead atoms. The molecular weight excluding hydrogens is 807 g/mol. The van der Waals surface area contributed by atoms with E-state index in [-0.39, 0.29) is 36.9 Å². The average molecular weight is 862 g/mol. The maximum absolute atomic E-state index is 13.7. The first kappa shape index (κ1) is 48.2. The fourth-order valence-electron chi connectivity index (χ4n) is 5.96. The maximum Gasteiger partial charge on any atom is 0.437 e.